The second-order valence-electron chi connectivity index (χ2n) is 5.72. The number of amides is 1. The molecule has 0 aliphatic carbocycles. The number of carbonyl (C=O) groups is 1. The SMILES string of the molecule is CCOC(=O)N1CCC(NC(=NC)NCc2ccn(C)c2)CC1.I. The van der Waals surface area contributed by atoms with Gasteiger partial charge in [0.25, 0.3) is 0 Å². The zero-order chi connectivity index (χ0) is 16.7. The molecule has 0 radical (unpaired) electrons. The minimum atomic E-state index is -0.211. The Balaban J connectivity index is 0.00000288. The number of halogens is 1. The van der Waals surface area contributed by atoms with Crippen molar-refractivity contribution < 1.29 is 9.53 Å². The van der Waals surface area contributed by atoms with E-state index >= 15 is 0 Å². The molecule has 1 saturated heterocycles. The molecule has 0 atom stereocenters. The third-order valence-corrected chi connectivity index (χ3v) is 3.94. The Labute approximate surface area is 160 Å². The van der Waals surface area contributed by atoms with E-state index in [1.807, 2.05) is 24.7 Å². The number of rotatable bonds is 4. The molecule has 0 bridgehead atoms. The number of aryl methyl sites for hydroxylation is 1. The van der Waals surface area contributed by atoms with Crippen molar-refractivity contribution in [3.8, 4) is 0 Å². The molecule has 0 unspecified atom stereocenters. The van der Waals surface area contributed by atoms with Crippen molar-refractivity contribution in [2.45, 2.75) is 32.4 Å². The highest BCUT2D eigenvalue weighted by molar-refractivity contribution is 14.0. The molecule has 1 aliphatic rings. The molecule has 7 nitrogen and oxygen atoms in total. The summed E-state index contributed by atoms with van der Waals surface area (Å²) in [5.41, 5.74) is 1.22. The largest absolute Gasteiger partial charge is 0.450 e. The van der Waals surface area contributed by atoms with Gasteiger partial charge in [0.15, 0.2) is 5.96 Å². The van der Waals surface area contributed by atoms with Crippen LogP contribution in [-0.2, 0) is 18.3 Å². The first kappa shape index (κ1) is 20.6. The standard InChI is InChI=1S/C16H27N5O2.HI/c1-4-23-16(22)21-9-6-14(7-10-21)19-15(17-2)18-11-13-5-8-20(3)12-13;/h5,8,12,14H,4,6-7,9-11H2,1-3H3,(H2,17,18,19);1H. The number of carbonyl (C=O) groups excluding carboxylic acids is 1. The molecule has 0 saturated carbocycles. The zero-order valence-corrected chi connectivity index (χ0v) is 16.9. The number of likely N-dealkylation sites (tertiary alicyclic amines) is 1. The average Bonchev–Trinajstić information content (AvgIpc) is 2.97. The molecule has 136 valence electrons. The van der Waals surface area contributed by atoms with E-state index in [9.17, 15) is 4.79 Å². The number of guanidine groups is 1. The van der Waals surface area contributed by atoms with Crippen molar-refractivity contribution in [1.29, 1.82) is 0 Å². The van der Waals surface area contributed by atoms with E-state index < -0.39 is 0 Å². The fourth-order valence-electron chi connectivity index (χ4n) is 2.66. The fraction of sp³-hybridized carbons (Fsp3) is 0.625. The normalized spacial score (nSPS) is 15.6. The first-order chi connectivity index (χ1) is 11.1. The summed E-state index contributed by atoms with van der Waals surface area (Å²) < 4.78 is 7.06. The van der Waals surface area contributed by atoms with Crippen LogP contribution in [0.1, 0.15) is 25.3 Å². The van der Waals surface area contributed by atoms with E-state index in [4.69, 9.17) is 4.74 Å². The number of nitrogens with one attached hydrogen (secondary N) is 2. The van der Waals surface area contributed by atoms with Gasteiger partial charge in [0.2, 0.25) is 0 Å². The molecule has 24 heavy (non-hydrogen) atoms. The topological polar surface area (TPSA) is 70.9 Å². The van der Waals surface area contributed by atoms with Gasteiger partial charge in [-0.05, 0) is 31.4 Å². The first-order valence-corrected chi connectivity index (χ1v) is 8.12. The molecule has 0 aromatic carbocycles. The highest BCUT2D eigenvalue weighted by Gasteiger charge is 2.23. The Morgan fingerprint density at radius 3 is 2.67 bits per heavy atom. The maximum atomic E-state index is 11.7. The third-order valence-electron chi connectivity index (χ3n) is 3.94. The van der Waals surface area contributed by atoms with Gasteiger partial charge < -0.3 is 24.8 Å². The lowest BCUT2D eigenvalue weighted by Crippen LogP contribution is -2.49. The molecule has 2 rings (SSSR count). The van der Waals surface area contributed by atoms with Crippen LogP contribution in [0.25, 0.3) is 0 Å². The Kier molecular flexibility index (Phi) is 8.94. The van der Waals surface area contributed by atoms with Crippen LogP contribution >= 0.6 is 24.0 Å². The monoisotopic (exact) mass is 449 g/mol. The highest BCUT2D eigenvalue weighted by atomic mass is 127. The molecule has 1 aromatic rings. The predicted octanol–water partition coefficient (Wildman–Crippen LogP) is 1.93. The van der Waals surface area contributed by atoms with Crippen molar-refractivity contribution in [3.05, 3.63) is 24.0 Å². The van der Waals surface area contributed by atoms with Crippen molar-refractivity contribution in [2.75, 3.05) is 26.7 Å². The number of hydrogen-bond donors (Lipinski definition) is 2. The first-order valence-electron chi connectivity index (χ1n) is 8.12. The molecular weight excluding hydrogens is 421 g/mol. The number of aromatic nitrogens is 1. The van der Waals surface area contributed by atoms with Crippen molar-refractivity contribution in [2.24, 2.45) is 12.0 Å². The Bertz CT molecular complexity index is 538. The van der Waals surface area contributed by atoms with Gasteiger partial charge in [-0.2, -0.15) is 0 Å². The molecule has 0 spiro atoms. The van der Waals surface area contributed by atoms with Crippen LogP contribution in [0.2, 0.25) is 0 Å². The van der Waals surface area contributed by atoms with Crippen molar-refractivity contribution in [1.82, 2.24) is 20.1 Å². The maximum absolute atomic E-state index is 11.7. The van der Waals surface area contributed by atoms with Crippen LogP contribution in [0.4, 0.5) is 4.79 Å². The Morgan fingerprint density at radius 1 is 1.42 bits per heavy atom. The van der Waals surface area contributed by atoms with E-state index in [1.54, 1.807) is 11.9 Å². The van der Waals surface area contributed by atoms with Gasteiger partial charge >= 0.3 is 6.09 Å². The van der Waals surface area contributed by atoms with Crippen LogP contribution < -0.4 is 10.6 Å². The van der Waals surface area contributed by atoms with Gasteiger partial charge in [0, 0.05) is 52.2 Å². The van der Waals surface area contributed by atoms with Crippen molar-refractivity contribution >= 4 is 36.0 Å². The van der Waals surface area contributed by atoms with Gasteiger partial charge in [-0.1, -0.05) is 0 Å². The minimum Gasteiger partial charge on any atom is -0.450 e. The number of piperidine rings is 1. The molecular formula is C16H28IN5O2. The number of nitrogens with zero attached hydrogens (tertiary/aromatic N) is 3. The summed E-state index contributed by atoms with van der Waals surface area (Å²) in [7, 11) is 3.78. The summed E-state index contributed by atoms with van der Waals surface area (Å²) in [6, 6.07) is 2.40. The van der Waals surface area contributed by atoms with Crippen LogP contribution in [0.15, 0.2) is 23.5 Å². The van der Waals surface area contributed by atoms with E-state index in [0.717, 1.165) is 25.3 Å². The van der Waals surface area contributed by atoms with Crippen LogP contribution in [0.5, 0.6) is 0 Å². The van der Waals surface area contributed by atoms with Gasteiger partial charge in [-0.25, -0.2) is 4.79 Å². The molecule has 1 aromatic heterocycles. The van der Waals surface area contributed by atoms with E-state index in [1.165, 1.54) is 5.56 Å². The number of aliphatic imine (C=N–C) groups is 1. The lowest BCUT2D eigenvalue weighted by molar-refractivity contribution is 0.0963. The predicted molar refractivity (Wildman–Crippen MR) is 106 cm³/mol. The van der Waals surface area contributed by atoms with Gasteiger partial charge in [-0.3, -0.25) is 4.99 Å². The Morgan fingerprint density at radius 2 is 2.12 bits per heavy atom. The van der Waals surface area contributed by atoms with Gasteiger partial charge in [-0.15, -0.1) is 24.0 Å². The summed E-state index contributed by atoms with van der Waals surface area (Å²) in [6.07, 6.45) is 5.68. The summed E-state index contributed by atoms with van der Waals surface area (Å²) in [6.45, 7) is 4.42. The van der Waals surface area contributed by atoms with Crippen molar-refractivity contribution in [3.63, 3.8) is 0 Å². The highest BCUT2D eigenvalue weighted by Crippen LogP contribution is 2.11. The summed E-state index contributed by atoms with van der Waals surface area (Å²) in [5, 5.41) is 6.75. The van der Waals surface area contributed by atoms with E-state index in [0.29, 0.717) is 25.7 Å². The lowest BCUT2D eigenvalue weighted by atomic mass is 10.1. The van der Waals surface area contributed by atoms with Crippen LogP contribution in [0, 0.1) is 0 Å². The number of ether oxygens (including phenoxy) is 1. The van der Waals surface area contributed by atoms with Crippen LogP contribution in [-0.4, -0.2) is 54.3 Å². The quantitative estimate of drug-likeness (QED) is 0.419. The second-order valence-corrected chi connectivity index (χ2v) is 5.72. The smallest absolute Gasteiger partial charge is 0.409 e. The van der Waals surface area contributed by atoms with Gasteiger partial charge in [0.05, 0.1) is 6.61 Å². The van der Waals surface area contributed by atoms with Gasteiger partial charge in [0.1, 0.15) is 0 Å². The van der Waals surface area contributed by atoms with Crippen LogP contribution in [0.3, 0.4) is 0 Å². The lowest BCUT2D eigenvalue weighted by Gasteiger charge is -2.32. The summed E-state index contributed by atoms with van der Waals surface area (Å²) >= 11 is 0. The molecule has 2 heterocycles. The fourth-order valence-corrected chi connectivity index (χ4v) is 2.66. The molecule has 8 heteroatoms. The zero-order valence-electron chi connectivity index (χ0n) is 14.6. The number of hydrogen-bond acceptors (Lipinski definition) is 3. The minimum absolute atomic E-state index is 0. The second kappa shape index (κ2) is 10.4. The average molecular weight is 449 g/mol. The van der Waals surface area contributed by atoms with E-state index in [-0.39, 0.29) is 30.1 Å². The summed E-state index contributed by atoms with van der Waals surface area (Å²) in [4.78, 5) is 17.7. The molecule has 1 aliphatic heterocycles. The molecule has 1 fully saturated rings. The van der Waals surface area contributed by atoms with E-state index in [2.05, 4.69) is 27.9 Å². The molecule has 2 N–H and O–H groups in total. The maximum Gasteiger partial charge on any atom is 0.409 e. The third kappa shape index (κ3) is 6.21. The summed E-state index contributed by atoms with van der Waals surface area (Å²) in [5.74, 6) is 0.795. The Hall–Kier alpha value is -1.45. The molecule has 1 amide bonds.